The first-order chi connectivity index (χ1) is 15.4. The molecule has 2 heterocycles. The predicted molar refractivity (Wildman–Crippen MR) is 120 cm³/mol. The summed E-state index contributed by atoms with van der Waals surface area (Å²) in [5.41, 5.74) is 3.91. The topological polar surface area (TPSA) is 69.6 Å². The minimum Gasteiger partial charge on any atom is -0.392 e. The number of hydrogen-bond donors (Lipinski definition) is 1. The van der Waals surface area contributed by atoms with Gasteiger partial charge in [0.1, 0.15) is 5.82 Å². The fourth-order valence-corrected chi connectivity index (χ4v) is 4.56. The predicted octanol–water partition coefficient (Wildman–Crippen LogP) is 3.92. The first-order valence-electron chi connectivity index (χ1n) is 10.8. The molecule has 0 bridgehead atoms. The number of likely N-dealkylation sites (N-methyl/N-ethyl adjacent to an activating group) is 1. The standard InChI is InChI=1S/C25H25FN4O2/c1-16(31)14-29(2)23(32)17-7-8-20-22(11-17)30(15-25(20)9-10-25)24-27-12-18(13-28-24)19-5-3-4-6-21(19)26/h3-8,11-13,16,31H,9-10,14-15H2,1-2H3/t16-/m1/s1. The molecular formula is C25H25FN4O2. The number of anilines is 2. The van der Waals surface area contributed by atoms with Crippen molar-refractivity contribution < 1.29 is 14.3 Å². The normalized spacial score (nSPS) is 16.7. The van der Waals surface area contributed by atoms with Crippen LogP contribution in [0.1, 0.15) is 35.7 Å². The number of halogens is 1. The molecule has 3 aromatic rings. The second-order valence-electron chi connectivity index (χ2n) is 8.88. The van der Waals surface area contributed by atoms with E-state index in [0.717, 1.165) is 25.1 Å². The molecule has 1 amide bonds. The van der Waals surface area contributed by atoms with Crippen LogP contribution in [-0.4, -0.2) is 52.1 Å². The lowest BCUT2D eigenvalue weighted by molar-refractivity contribution is 0.0703. The number of nitrogens with zero attached hydrogens (tertiary/aromatic N) is 4. The van der Waals surface area contributed by atoms with Gasteiger partial charge in [0, 0.05) is 60.3 Å². The van der Waals surface area contributed by atoms with Crippen LogP contribution in [0.15, 0.2) is 54.9 Å². The molecule has 0 saturated heterocycles. The second kappa shape index (κ2) is 7.67. The highest BCUT2D eigenvalue weighted by Gasteiger charge is 2.52. The summed E-state index contributed by atoms with van der Waals surface area (Å²) in [6.07, 6.45) is 4.89. The third kappa shape index (κ3) is 3.52. The Labute approximate surface area is 186 Å². The smallest absolute Gasteiger partial charge is 0.253 e. The van der Waals surface area contributed by atoms with E-state index in [2.05, 4.69) is 14.9 Å². The van der Waals surface area contributed by atoms with E-state index in [-0.39, 0.29) is 23.7 Å². The molecule has 0 radical (unpaired) electrons. The van der Waals surface area contributed by atoms with Gasteiger partial charge in [-0.05, 0) is 43.5 Å². The highest BCUT2D eigenvalue weighted by molar-refractivity contribution is 5.96. The van der Waals surface area contributed by atoms with E-state index in [1.165, 1.54) is 16.5 Å². The summed E-state index contributed by atoms with van der Waals surface area (Å²) in [6, 6.07) is 12.4. The minimum atomic E-state index is -0.592. The zero-order valence-electron chi connectivity index (χ0n) is 18.1. The minimum absolute atomic E-state index is 0.0932. The molecule has 1 saturated carbocycles. The molecule has 2 aliphatic rings. The number of aliphatic hydroxyl groups excluding tert-OH is 1. The van der Waals surface area contributed by atoms with E-state index in [9.17, 15) is 14.3 Å². The molecular weight excluding hydrogens is 407 g/mol. The number of hydrogen-bond acceptors (Lipinski definition) is 5. The van der Waals surface area contributed by atoms with E-state index in [1.54, 1.807) is 44.6 Å². The summed E-state index contributed by atoms with van der Waals surface area (Å²) >= 11 is 0. The van der Waals surface area contributed by atoms with Gasteiger partial charge in [0.25, 0.3) is 5.91 Å². The fraction of sp³-hybridized carbons (Fsp3) is 0.320. The monoisotopic (exact) mass is 432 g/mol. The molecule has 5 rings (SSSR count). The van der Waals surface area contributed by atoms with Gasteiger partial charge >= 0.3 is 0 Å². The molecule has 164 valence electrons. The first kappa shape index (κ1) is 20.6. The van der Waals surface area contributed by atoms with Crippen LogP contribution in [0.3, 0.4) is 0 Å². The molecule has 1 fully saturated rings. The molecule has 6 nitrogen and oxygen atoms in total. The molecule has 1 spiro atoms. The Morgan fingerprint density at radius 1 is 1.22 bits per heavy atom. The Kier molecular flexibility index (Phi) is 4.93. The summed E-state index contributed by atoms with van der Waals surface area (Å²) < 4.78 is 14.1. The molecule has 7 heteroatoms. The van der Waals surface area contributed by atoms with Gasteiger partial charge in [-0.2, -0.15) is 0 Å². The molecule has 1 aliphatic heterocycles. The van der Waals surface area contributed by atoms with Gasteiger partial charge in [-0.3, -0.25) is 4.79 Å². The van der Waals surface area contributed by atoms with Crippen LogP contribution < -0.4 is 4.90 Å². The summed E-state index contributed by atoms with van der Waals surface area (Å²) in [5.74, 6) is 0.0926. The summed E-state index contributed by atoms with van der Waals surface area (Å²) in [5, 5.41) is 9.62. The van der Waals surface area contributed by atoms with E-state index in [4.69, 9.17) is 0 Å². The van der Waals surface area contributed by atoms with Gasteiger partial charge in [-0.1, -0.05) is 24.3 Å². The third-order valence-electron chi connectivity index (χ3n) is 6.37. The average Bonchev–Trinajstić information content (AvgIpc) is 3.50. The van der Waals surface area contributed by atoms with E-state index < -0.39 is 6.10 Å². The molecule has 1 atom stereocenters. The van der Waals surface area contributed by atoms with Crippen LogP contribution in [0.25, 0.3) is 11.1 Å². The SMILES string of the molecule is C[C@@H](O)CN(C)C(=O)c1ccc2c(c1)N(c1ncc(-c3ccccc3F)cn1)CC21CC1. The highest BCUT2D eigenvalue weighted by atomic mass is 19.1. The Morgan fingerprint density at radius 2 is 1.94 bits per heavy atom. The number of aromatic nitrogens is 2. The van der Waals surface area contributed by atoms with Gasteiger partial charge in [0.15, 0.2) is 0 Å². The quantitative estimate of drug-likeness (QED) is 0.662. The van der Waals surface area contributed by atoms with Crippen LogP contribution in [0, 0.1) is 5.82 Å². The molecule has 2 aromatic carbocycles. The maximum atomic E-state index is 14.1. The average molecular weight is 432 g/mol. The van der Waals surface area contributed by atoms with Crippen molar-refractivity contribution in [3.63, 3.8) is 0 Å². The maximum absolute atomic E-state index is 14.1. The van der Waals surface area contributed by atoms with E-state index in [1.807, 2.05) is 18.2 Å². The zero-order chi connectivity index (χ0) is 22.5. The van der Waals surface area contributed by atoms with Gasteiger partial charge in [0.05, 0.1) is 6.10 Å². The number of rotatable bonds is 5. The molecule has 0 unspecified atom stereocenters. The lowest BCUT2D eigenvalue weighted by atomic mass is 9.97. The number of amides is 1. The van der Waals surface area contributed by atoms with Crippen molar-refractivity contribution in [2.75, 3.05) is 25.0 Å². The van der Waals surface area contributed by atoms with Crippen molar-refractivity contribution in [2.24, 2.45) is 0 Å². The summed E-state index contributed by atoms with van der Waals surface area (Å²) in [6.45, 7) is 2.69. The lowest BCUT2D eigenvalue weighted by Gasteiger charge is -2.21. The summed E-state index contributed by atoms with van der Waals surface area (Å²) in [4.78, 5) is 25.5. The van der Waals surface area contributed by atoms with Gasteiger partial charge in [0.2, 0.25) is 5.95 Å². The van der Waals surface area contributed by atoms with Crippen molar-refractivity contribution in [1.82, 2.24) is 14.9 Å². The van der Waals surface area contributed by atoms with Crippen LogP contribution in [0.2, 0.25) is 0 Å². The van der Waals surface area contributed by atoms with Gasteiger partial charge < -0.3 is 14.9 Å². The fourth-order valence-electron chi connectivity index (χ4n) is 4.56. The van der Waals surface area contributed by atoms with Crippen LogP contribution in [0.4, 0.5) is 16.0 Å². The van der Waals surface area contributed by atoms with Crippen molar-refractivity contribution in [2.45, 2.75) is 31.3 Å². The van der Waals surface area contributed by atoms with Crippen LogP contribution in [0.5, 0.6) is 0 Å². The van der Waals surface area contributed by atoms with E-state index >= 15 is 0 Å². The van der Waals surface area contributed by atoms with Crippen LogP contribution >= 0.6 is 0 Å². The zero-order valence-corrected chi connectivity index (χ0v) is 18.1. The number of benzene rings is 2. The maximum Gasteiger partial charge on any atom is 0.253 e. The number of carbonyl (C=O) groups is 1. The summed E-state index contributed by atoms with van der Waals surface area (Å²) in [7, 11) is 1.69. The van der Waals surface area contributed by atoms with Crippen molar-refractivity contribution in [1.29, 1.82) is 0 Å². The van der Waals surface area contributed by atoms with Gasteiger partial charge in [-0.15, -0.1) is 0 Å². The number of aliphatic hydroxyl groups is 1. The molecule has 1 N–H and O–H groups in total. The first-order valence-corrected chi connectivity index (χ1v) is 10.8. The molecule has 32 heavy (non-hydrogen) atoms. The van der Waals surface area contributed by atoms with Crippen molar-refractivity contribution in [3.05, 3.63) is 71.8 Å². The second-order valence-corrected chi connectivity index (χ2v) is 8.88. The lowest BCUT2D eigenvalue weighted by Crippen LogP contribution is -2.33. The Hall–Kier alpha value is -3.32. The number of fused-ring (bicyclic) bond motifs is 2. The van der Waals surface area contributed by atoms with Gasteiger partial charge in [-0.25, -0.2) is 14.4 Å². The van der Waals surface area contributed by atoms with Crippen molar-refractivity contribution >= 4 is 17.5 Å². The Balaban J connectivity index is 1.47. The highest BCUT2D eigenvalue weighted by Crippen LogP contribution is 2.57. The van der Waals surface area contributed by atoms with Crippen LogP contribution in [-0.2, 0) is 5.41 Å². The molecule has 1 aliphatic carbocycles. The van der Waals surface area contributed by atoms with Crippen molar-refractivity contribution in [3.8, 4) is 11.1 Å². The van der Waals surface area contributed by atoms with E-state index in [0.29, 0.717) is 22.6 Å². The largest absolute Gasteiger partial charge is 0.392 e. The Morgan fingerprint density at radius 3 is 2.59 bits per heavy atom. The third-order valence-corrected chi connectivity index (χ3v) is 6.37. The Bertz CT molecular complexity index is 1170. The molecule has 1 aromatic heterocycles. The number of carbonyl (C=O) groups excluding carboxylic acids is 1.